The smallest absolute Gasteiger partial charge is 0.168 e. The lowest BCUT2D eigenvalue weighted by atomic mass is 10.2. The molecule has 1 heterocycles. The molecule has 0 bridgehead atoms. The average Bonchev–Trinajstić information content (AvgIpc) is 2.81. The third kappa shape index (κ3) is 2.51. The Labute approximate surface area is 103 Å². The summed E-state index contributed by atoms with van der Waals surface area (Å²) in [5, 5.41) is 14.2. The number of hydrogen-bond acceptors (Lipinski definition) is 4. The van der Waals surface area contributed by atoms with Gasteiger partial charge in [-0.15, -0.1) is 5.10 Å². The van der Waals surface area contributed by atoms with Crippen LogP contribution in [0.1, 0.15) is 24.4 Å². The van der Waals surface area contributed by atoms with Gasteiger partial charge in [0, 0.05) is 5.56 Å². The minimum atomic E-state index is -0.484. The van der Waals surface area contributed by atoms with E-state index in [1.807, 2.05) is 6.92 Å². The van der Waals surface area contributed by atoms with E-state index in [1.54, 1.807) is 7.05 Å². The maximum absolute atomic E-state index is 13.5. The molecule has 7 heteroatoms. The number of hydrogen-bond donors (Lipinski definition) is 1. The predicted molar refractivity (Wildman–Crippen MR) is 60.8 cm³/mol. The van der Waals surface area contributed by atoms with Crippen LogP contribution in [-0.2, 0) is 6.54 Å². The summed E-state index contributed by atoms with van der Waals surface area (Å²) in [6, 6.07) is 3.24. The molecule has 0 fully saturated rings. The number of aromatic nitrogens is 4. The van der Waals surface area contributed by atoms with Gasteiger partial charge >= 0.3 is 0 Å². The number of nitrogens with zero attached hydrogens (tertiary/aromatic N) is 4. The van der Waals surface area contributed by atoms with Crippen LogP contribution < -0.4 is 5.32 Å². The number of tetrazole rings is 1. The van der Waals surface area contributed by atoms with Crippen molar-refractivity contribution in [1.29, 1.82) is 0 Å². The highest BCUT2D eigenvalue weighted by molar-refractivity contribution is 5.19. The lowest BCUT2D eigenvalue weighted by molar-refractivity contribution is 0.520. The molecular formula is C11H13F2N5. The van der Waals surface area contributed by atoms with E-state index in [1.165, 1.54) is 4.68 Å². The van der Waals surface area contributed by atoms with E-state index in [0.717, 1.165) is 18.2 Å². The monoisotopic (exact) mass is 253 g/mol. The van der Waals surface area contributed by atoms with Crippen molar-refractivity contribution in [2.75, 3.05) is 7.05 Å². The Kier molecular flexibility index (Phi) is 3.61. The molecule has 0 spiro atoms. The molecular weight excluding hydrogens is 240 g/mol. The van der Waals surface area contributed by atoms with Crippen molar-refractivity contribution in [3.05, 3.63) is 41.2 Å². The molecule has 2 aromatic rings. The molecule has 0 aliphatic carbocycles. The molecule has 5 nitrogen and oxygen atoms in total. The van der Waals surface area contributed by atoms with Gasteiger partial charge in [-0.1, -0.05) is 0 Å². The summed E-state index contributed by atoms with van der Waals surface area (Å²) in [5.41, 5.74) is 0.215. The minimum Gasteiger partial charge on any atom is -0.311 e. The SMILES string of the molecule is CNC(C)c1nnnn1Cc1cc(F)ccc1F. The quantitative estimate of drug-likeness (QED) is 0.891. The summed E-state index contributed by atoms with van der Waals surface area (Å²) < 4.78 is 28.0. The molecule has 1 aromatic carbocycles. The van der Waals surface area contributed by atoms with Crippen LogP contribution in [-0.4, -0.2) is 27.3 Å². The van der Waals surface area contributed by atoms with Gasteiger partial charge in [0.1, 0.15) is 11.6 Å². The van der Waals surface area contributed by atoms with Crippen LogP contribution in [0.2, 0.25) is 0 Å². The van der Waals surface area contributed by atoms with E-state index >= 15 is 0 Å². The topological polar surface area (TPSA) is 55.6 Å². The molecule has 1 N–H and O–H groups in total. The predicted octanol–water partition coefficient (Wildman–Crippen LogP) is 1.28. The second-order valence-corrected chi connectivity index (χ2v) is 3.94. The van der Waals surface area contributed by atoms with Gasteiger partial charge in [0.25, 0.3) is 0 Å². The molecule has 2 rings (SSSR count). The lowest BCUT2D eigenvalue weighted by Crippen LogP contribution is -2.19. The first-order valence-electron chi connectivity index (χ1n) is 5.49. The Balaban J connectivity index is 2.29. The number of halogens is 2. The van der Waals surface area contributed by atoms with Crippen LogP contribution >= 0.6 is 0 Å². The molecule has 0 saturated heterocycles. The van der Waals surface area contributed by atoms with E-state index in [0.29, 0.717) is 5.82 Å². The van der Waals surface area contributed by atoms with E-state index < -0.39 is 11.6 Å². The first kappa shape index (κ1) is 12.6. The first-order chi connectivity index (χ1) is 8.61. The molecule has 1 unspecified atom stereocenters. The average molecular weight is 253 g/mol. The first-order valence-corrected chi connectivity index (χ1v) is 5.49. The maximum Gasteiger partial charge on any atom is 0.168 e. The highest BCUT2D eigenvalue weighted by Crippen LogP contribution is 2.13. The Morgan fingerprint density at radius 2 is 2.17 bits per heavy atom. The van der Waals surface area contributed by atoms with Crippen molar-refractivity contribution < 1.29 is 8.78 Å². The van der Waals surface area contributed by atoms with Crippen molar-refractivity contribution in [2.45, 2.75) is 19.5 Å². The molecule has 18 heavy (non-hydrogen) atoms. The van der Waals surface area contributed by atoms with Crippen LogP contribution in [0.15, 0.2) is 18.2 Å². The fourth-order valence-corrected chi connectivity index (χ4v) is 1.59. The third-order valence-electron chi connectivity index (χ3n) is 2.71. The zero-order chi connectivity index (χ0) is 13.1. The molecule has 0 saturated carbocycles. The van der Waals surface area contributed by atoms with Crippen molar-refractivity contribution in [3.8, 4) is 0 Å². The molecule has 0 aliphatic rings. The Hall–Kier alpha value is -1.89. The second-order valence-electron chi connectivity index (χ2n) is 3.94. The summed E-state index contributed by atoms with van der Waals surface area (Å²) in [6.07, 6.45) is 0. The van der Waals surface area contributed by atoms with Gasteiger partial charge in [-0.25, -0.2) is 13.5 Å². The van der Waals surface area contributed by atoms with Crippen molar-refractivity contribution in [1.82, 2.24) is 25.5 Å². The van der Waals surface area contributed by atoms with Gasteiger partial charge in [-0.2, -0.15) is 0 Å². The largest absolute Gasteiger partial charge is 0.311 e. The van der Waals surface area contributed by atoms with Crippen LogP contribution in [0.4, 0.5) is 8.78 Å². The summed E-state index contributed by atoms with van der Waals surface area (Å²) in [7, 11) is 1.77. The van der Waals surface area contributed by atoms with E-state index in [-0.39, 0.29) is 18.2 Å². The zero-order valence-electron chi connectivity index (χ0n) is 10.1. The number of benzene rings is 1. The highest BCUT2D eigenvalue weighted by Gasteiger charge is 2.14. The molecule has 1 atom stereocenters. The van der Waals surface area contributed by atoms with Gasteiger partial charge in [0.15, 0.2) is 5.82 Å². The van der Waals surface area contributed by atoms with E-state index in [2.05, 4.69) is 20.8 Å². The zero-order valence-corrected chi connectivity index (χ0v) is 10.1. The summed E-state index contributed by atoms with van der Waals surface area (Å²) in [5.74, 6) is -0.390. The van der Waals surface area contributed by atoms with Gasteiger partial charge in [-0.05, 0) is 42.6 Å². The van der Waals surface area contributed by atoms with Crippen LogP contribution in [0.25, 0.3) is 0 Å². The normalized spacial score (nSPS) is 12.7. The Morgan fingerprint density at radius 1 is 1.39 bits per heavy atom. The Bertz CT molecular complexity index is 540. The summed E-state index contributed by atoms with van der Waals surface area (Å²) in [6.45, 7) is 1.97. The van der Waals surface area contributed by atoms with Gasteiger partial charge in [-0.3, -0.25) is 0 Å². The van der Waals surface area contributed by atoms with Gasteiger partial charge < -0.3 is 5.32 Å². The third-order valence-corrected chi connectivity index (χ3v) is 2.71. The molecule has 0 amide bonds. The van der Waals surface area contributed by atoms with Crippen molar-refractivity contribution >= 4 is 0 Å². The molecule has 96 valence electrons. The second kappa shape index (κ2) is 5.18. The molecule has 0 aliphatic heterocycles. The van der Waals surface area contributed by atoms with Crippen molar-refractivity contribution in [2.24, 2.45) is 0 Å². The van der Waals surface area contributed by atoms with E-state index in [9.17, 15) is 8.78 Å². The maximum atomic E-state index is 13.5. The highest BCUT2D eigenvalue weighted by atomic mass is 19.1. The number of nitrogens with one attached hydrogen (secondary N) is 1. The standard InChI is InChI=1S/C11H13F2N5/c1-7(14-2)11-15-16-17-18(11)6-8-5-9(12)3-4-10(8)13/h3-5,7,14H,6H2,1-2H3. The van der Waals surface area contributed by atoms with Crippen LogP contribution in [0.3, 0.4) is 0 Å². The van der Waals surface area contributed by atoms with Gasteiger partial charge in [0.05, 0.1) is 12.6 Å². The summed E-state index contributed by atoms with van der Waals surface area (Å²) >= 11 is 0. The lowest BCUT2D eigenvalue weighted by Gasteiger charge is -2.10. The number of rotatable bonds is 4. The van der Waals surface area contributed by atoms with E-state index in [4.69, 9.17) is 0 Å². The van der Waals surface area contributed by atoms with Gasteiger partial charge in [0.2, 0.25) is 0 Å². The molecule has 0 radical (unpaired) electrons. The van der Waals surface area contributed by atoms with Crippen molar-refractivity contribution in [3.63, 3.8) is 0 Å². The van der Waals surface area contributed by atoms with Crippen LogP contribution in [0, 0.1) is 11.6 Å². The summed E-state index contributed by atoms with van der Waals surface area (Å²) in [4.78, 5) is 0. The fourth-order valence-electron chi connectivity index (χ4n) is 1.59. The van der Waals surface area contributed by atoms with Crippen LogP contribution in [0.5, 0.6) is 0 Å². The molecule has 1 aromatic heterocycles. The Morgan fingerprint density at radius 3 is 2.89 bits per heavy atom. The minimum absolute atomic E-state index is 0.0726. The fraction of sp³-hybridized carbons (Fsp3) is 0.364.